The van der Waals surface area contributed by atoms with Crippen LogP contribution in [-0.2, 0) is 27.5 Å². The summed E-state index contributed by atoms with van der Waals surface area (Å²) < 4.78 is 24.0. The molecule has 0 saturated heterocycles. The molecule has 1 unspecified atom stereocenters. The Bertz CT molecular complexity index is 560. The van der Waals surface area contributed by atoms with E-state index in [2.05, 4.69) is 0 Å². The summed E-state index contributed by atoms with van der Waals surface area (Å²) in [6.45, 7) is 1.20. The Morgan fingerprint density at radius 1 is 1.29 bits per heavy atom. The number of aryl methyl sites for hydroxylation is 2. The van der Waals surface area contributed by atoms with Gasteiger partial charge in [-0.25, -0.2) is 8.42 Å². The van der Waals surface area contributed by atoms with Crippen LogP contribution >= 0.6 is 0 Å². The number of carbonyl (C=O) groups is 1. The molecule has 17 heavy (non-hydrogen) atoms. The van der Waals surface area contributed by atoms with E-state index in [9.17, 15) is 13.2 Å². The maximum absolute atomic E-state index is 12.0. The van der Waals surface area contributed by atoms with Crippen molar-refractivity contribution in [1.82, 2.24) is 0 Å². The summed E-state index contributed by atoms with van der Waals surface area (Å²) >= 11 is 0. The van der Waals surface area contributed by atoms with E-state index in [0.29, 0.717) is 0 Å². The zero-order valence-corrected chi connectivity index (χ0v) is 10.3. The van der Waals surface area contributed by atoms with E-state index in [1.165, 1.54) is 18.6 Å². The zero-order chi connectivity index (χ0) is 12.6. The predicted octanol–water partition coefficient (Wildman–Crippen LogP) is 1.42. The van der Waals surface area contributed by atoms with Crippen molar-refractivity contribution in [1.29, 1.82) is 0 Å². The Hall–Kier alpha value is -1.36. The van der Waals surface area contributed by atoms with E-state index in [1.54, 1.807) is 12.1 Å². The van der Waals surface area contributed by atoms with Crippen LogP contribution in [0.15, 0.2) is 23.1 Å². The number of carboxylic acid groups (broad SMARTS) is 1. The Kier molecular flexibility index (Phi) is 2.95. The third-order valence-electron chi connectivity index (χ3n) is 3.21. The molecule has 5 heteroatoms. The Morgan fingerprint density at radius 3 is 2.59 bits per heavy atom. The summed E-state index contributed by atoms with van der Waals surface area (Å²) in [4.78, 5) is 10.9. The first-order valence-electron chi connectivity index (χ1n) is 5.51. The molecule has 0 bridgehead atoms. The average molecular weight is 254 g/mol. The molecule has 0 radical (unpaired) electrons. The summed E-state index contributed by atoms with van der Waals surface area (Å²) in [5.41, 5.74) is 2.20. The lowest BCUT2D eigenvalue weighted by Gasteiger charge is -2.10. The van der Waals surface area contributed by atoms with Gasteiger partial charge in [0, 0.05) is 0 Å². The molecule has 0 heterocycles. The normalized spacial score (nSPS) is 16.5. The fourth-order valence-corrected chi connectivity index (χ4v) is 3.30. The molecule has 1 atom stereocenters. The third kappa shape index (κ3) is 2.07. The highest BCUT2D eigenvalue weighted by atomic mass is 32.2. The Morgan fingerprint density at radius 2 is 1.94 bits per heavy atom. The van der Waals surface area contributed by atoms with Gasteiger partial charge >= 0.3 is 5.97 Å². The van der Waals surface area contributed by atoms with Crippen molar-refractivity contribution in [3.63, 3.8) is 0 Å². The molecule has 4 nitrogen and oxygen atoms in total. The molecule has 1 aromatic carbocycles. The number of benzene rings is 1. The van der Waals surface area contributed by atoms with Crippen molar-refractivity contribution in [3.05, 3.63) is 29.3 Å². The fourth-order valence-electron chi connectivity index (χ4n) is 2.06. The third-order valence-corrected chi connectivity index (χ3v) is 5.26. The van der Waals surface area contributed by atoms with Gasteiger partial charge < -0.3 is 5.11 Å². The van der Waals surface area contributed by atoms with Crippen LogP contribution < -0.4 is 0 Å². The zero-order valence-electron chi connectivity index (χ0n) is 9.51. The highest BCUT2D eigenvalue weighted by Gasteiger charge is 2.30. The van der Waals surface area contributed by atoms with Crippen molar-refractivity contribution >= 4 is 15.8 Å². The van der Waals surface area contributed by atoms with Gasteiger partial charge in [0.05, 0.1) is 4.90 Å². The second-order valence-corrected chi connectivity index (χ2v) is 6.58. The van der Waals surface area contributed by atoms with Crippen LogP contribution in [0.2, 0.25) is 0 Å². The topological polar surface area (TPSA) is 71.4 Å². The van der Waals surface area contributed by atoms with Gasteiger partial charge in [-0.3, -0.25) is 4.79 Å². The van der Waals surface area contributed by atoms with Crippen molar-refractivity contribution in [2.75, 3.05) is 0 Å². The van der Waals surface area contributed by atoms with Gasteiger partial charge in [0.1, 0.15) is 0 Å². The molecule has 0 spiro atoms. The molecular weight excluding hydrogens is 240 g/mol. The van der Waals surface area contributed by atoms with Crippen molar-refractivity contribution in [2.45, 2.75) is 36.3 Å². The van der Waals surface area contributed by atoms with Gasteiger partial charge in [0.2, 0.25) is 0 Å². The maximum Gasteiger partial charge on any atom is 0.321 e. The maximum atomic E-state index is 12.0. The van der Waals surface area contributed by atoms with E-state index < -0.39 is 21.1 Å². The summed E-state index contributed by atoms with van der Waals surface area (Å²) in [6.07, 6.45) is 2.89. The summed E-state index contributed by atoms with van der Waals surface area (Å²) in [7, 11) is -3.76. The minimum Gasteiger partial charge on any atom is -0.480 e. The predicted molar refractivity (Wildman–Crippen MR) is 62.8 cm³/mol. The second kappa shape index (κ2) is 4.14. The first-order valence-corrected chi connectivity index (χ1v) is 7.06. The number of sulfone groups is 1. The molecule has 0 saturated carbocycles. The van der Waals surface area contributed by atoms with Gasteiger partial charge in [-0.2, -0.15) is 0 Å². The number of rotatable bonds is 3. The van der Waals surface area contributed by atoms with Gasteiger partial charge in [-0.15, -0.1) is 0 Å². The number of hydrogen-bond donors (Lipinski definition) is 1. The molecule has 1 aromatic rings. The Balaban J connectivity index is 2.44. The van der Waals surface area contributed by atoms with Crippen LogP contribution in [0, 0.1) is 0 Å². The van der Waals surface area contributed by atoms with Crippen LogP contribution in [0.1, 0.15) is 24.5 Å². The minimum atomic E-state index is -3.76. The quantitative estimate of drug-likeness (QED) is 0.885. The monoisotopic (exact) mass is 254 g/mol. The molecule has 0 fully saturated rings. The van der Waals surface area contributed by atoms with Crippen LogP contribution in [0.4, 0.5) is 0 Å². The lowest BCUT2D eigenvalue weighted by molar-refractivity contribution is -0.136. The number of fused-ring (bicyclic) bond motifs is 1. The lowest BCUT2D eigenvalue weighted by Crippen LogP contribution is -2.27. The standard InChI is InChI=1S/C12H14O4S/c1-8(12(13)14)17(15,16)11-6-5-9-3-2-4-10(9)7-11/h5-8H,2-4H2,1H3,(H,13,14). The number of carboxylic acids is 1. The fraction of sp³-hybridized carbons (Fsp3) is 0.417. The van der Waals surface area contributed by atoms with Gasteiger partial charge in [0.25, 0.3) is 0 Å². The van der Waals surface area contributed by atoms with Crippen molar-refractivity contribution in [2.24, 2.45) is 0 Å². The molecule has 0 amide bonds. The minimum absolute atomic E-state index is 0.119. The van der Waals surface area contributed by atoms with E-state index >= 15 is 0 Å². The average Bonchev–Trinajstić information content (AvgIpc) is 2.74. The molecule has 92 valence electrons. The van der Waals surface area contributed by atoms with Gasteiger partial charge in [-0.1, -0.05) is 6.07 Å². The summed E-state index contributed by atoms with van der Waals surface area (Å²) in [6, 6.07) is 4.93. The van der Waals surface area contributed by atoms with E-state index in [4.69, 9.17) is 5.11 Å². The molecular formula is C12H14O4S. The highest BCUT2D eigenvalue weighted by Crippen LogP contribution is 2.26. The first-order chi connectivity index (χ1) is 7.93. The highest BCUT2D eigenvalue weighted by molar-refractivity contribution is 7.92. The van der Waals surface area contributed by atoms with E-state index in [1.807, 2.05) is 0 Å². The van der Waals surface area contributed by atoms with Gasteiger partial charge in [0.15, 0.2) is 15.1 Å². The van der Waals surface area contributed by atoms with Crippen molar-refractivity contribution < 1.29 is 18.3 Å². The Labute approximate surface area is 100 Å². The molecule has 2 rings (SSSR count). The smallest absolute Gasteiger partial charge is 0.321 e. The summed E-state index contributed by atoms with van der Waals surface area (Å²) in [5, 5.41) is 7.39. The molecule has 1 aliphatic carbocycles. The summed E-state index contributed by atoms with van der Waals surface area (Å²) in [5.74, 6) is -1.31. The SMILES string of the molecule is CC(C(=O)O)S(=O)(=O)c1ccc2c(c1)CCC2. The lowest BCUT2D eigenvalue weighted by atomic mass is 10.1. The second-order valence-electron chi connectivity index (χ2n) is 4.31. The van der Waals surface area contributed by atoms with Crippen LogP contribution in [-0.4, -0.2) is 24.7 Å². The van der Waals surface area contributed by atoms with Crippen LogP contribution in [0.3, 0.4) is 0 Å². The van der Waals surface area contributed by atoms with Crippen LogP contribution in [0.25, 0.3) is 0 Å². The van der Waals surface area contributed by atoms with Gasteiger partial charge in [-0.05, 0) is 49.4 Å². The molecule has 0 aliphatic heterocycles. The first kappa shape index (κ1) is 12.1. The largest absolute Gasteiger partial charge is 0.480 e. The number of aliphatic carboxylic acids is 1. The van der Waals surface area contributed by atoms with Crippen molar-refractivity contribution in [3.8, 4) is 0 Å². The molecule has 1 aliphatic rings. The van der Waals surface area contributed by atoms with E-state index in [0.717, 1.165) is 24.8 Å². The van der Waals surface area contributed by atoms with E-state index in [-0.39, 0.29) is 4.90 Å². The molecule has 0 aromatic heterocycles. The number of hydrogen-bond acceptors (Lipinski definition) is 3. The molecule has 1 N–H and O–H groups in total. The van der Waals surface area contributed by atoms with Crippen LogP contribution in [0.5, 0.6) is 0 Å².